The zero-order valence-corrected chi connectivity index (χ0v) is 13.7. The van der Waals surface area contributed by atoms with Crippen LogP contribution in [0.2, 0.25) is 0 Å². The maximum absolute atomic E-state index is 12.7. The highest BCUT2D eigenvalue weighted by molar-refractivity contribution is 5.92. The van der Waals surface area contributed by atoms with E-state index in [1.54, 1.807) is 17.9 Å². The van der Waals surface area contributed by atoms with Crippen molar-refractivity contribution in [2.24, 2.45) is 7.05 Å². The van der Waals surface area contributed by atoms with E-state index in [1.165, 1.54) is 0 Å². The molecule has 2 aromatic heterocycles. The van der Waals surface area contributed by atoms with Gasteiger partial charge >= 0.3 is 5.69 Å². The fourth-order valence-electron chi connectivity index (χ4n) is 3.24. The fourth-order valence-corrected chi connectivity index (χ4v) is 3.24. The topological polar surface area (TPSA) is 83.9 Å². The van der Waals surface area contributed by atoms with Crippen molar-refractivity contribution in [1.82, 2.24) is 24.4 Å². The van der Waals surface area contributed by atoms with Gasteiger partial charge in [0.05, 0.1) is 5.69 Å². The number of carbonyl (C=O) groups is 1. The summed E-state index contributed by atoms with van der Waals surface area (Å²) in [7, 11) is 1.98. The molecule has 1 amide bonds. The molecular weight excluding hydrogens is 294 g/mol. The van der Waals surface area contributed by atoms with Gasteiger partial charge in [0.1, 0.15) is 11.5 Å². The lowest BCUT2D eigenvalue weighted by Crippen LogP contribution is -2.40. The van der Waals surface area contributed by atoms with Crippen LogP contribution in [-0.2, 0) is 7.05 Å². The van der Waals surface area contributed by atoms with E-state index in [0.717, 1.165) is 24.4 Å². The van der Waals surface area contributed by atoms with Gasteiger partial charge < -0.3 is 14.5 Å². The first kappa shape index (κ1) is 15.5. The zero-order valence-electron chi connectivity index (χ0n) is 13.7. The number of nitrogens with zero attached hydrogens (tertiary/aromatic N) is 4. The van der Waals surface area contributed by atoms with Crippen LogP contribution in [0.5, 0.6) is 0 Å². The summed E-state index contributed by atoms with van der Waals surface area (Å²) in [6.07, 6.45) is 3.93. The average molecular weight is 315 g/mol. The maximum atomic E-state index is 12.7. The van der Waals surface area contributed by atoms with Gasteiger partial charge in [-0.25, -0.2) is 9.78 Å². The van der Waals surface area contributed by atoms with Crippen molar-refractivity contribution in [2.75, 3.05) is 13.1 Å². The van der Waals surface area contributed by atoms with Gasteiger partial charge in [-0.3, -0.25) is 4.79 Å². The minimum Gasteiger partial charge on any atom is -0.337 e. The number of carbonyl (C=O) groups excluding carboxylic acids is 1. The van der Waals surface area contributed by atoms with E-state index in [9.17, 15) is 9.59 Å². The van der Waals surface area contributed by atoms with Gasteiger partial charge in [-0.05, 0) is 32.8 Å². The lowest BCUT2D eigenvalue weighted by Gasteiger charge is -2.32. The van der Waals surface area contributed by atoms with E-state index < -0.39 is 5.69 Å². The van der Waals surface area contributed by atoms with Crippen LogP contribution in [0.1, 0.15) is 46.5 Å². The highest BCUT2D eigenvalue weighted by atomic mass is 16.2. The number of hydrogen-bond acceptors (Lipinski definition) is 4. The molecule has 0 saturated carbocycles. The van der Waals surface area contributed by atoms with Crippen molar-refractivity contribution in [3.05, 3.63) is 45.7 Å². The molecule has 3 heterocycles. The van der Waals surface area contributed by atoms with Crippen molar-refractivity contribution in [2.45, 2.75) is 32.6 Å². The maximum Gasteiger partial charge on any atom is 0.345 e. The van der Waals surface area contributed by atoms with Crippen LogP contribution >= 0.6 is 0 Å². The molecule has 1 atom stereocenters. The van der Waals surface area contributed by atoms with E-state index >= 15 is 0 Å². The molecule has 3 rings (SSSR count). The van der Waals surface area contributed by atoms with Gasteiger partial charge in [-0.2, -0.15) is 4.98 Å². The molecule has 0 radical (unpaired) electrons. The largest absolute Gasteiger partial charge is 0.345 e. The summed E-state index contributed by atoms with van der Waals surface area (Å²) in [5.41, 5.74) is 1.35. The first-order valence-corrected chi connectivity index (χ1v) is 7.81. The second-order valence-corrected chi connectivity index (χ2v) is 6.20. The fraction of sp³-hybridized carbons (Fsp3) is 0.500. The Hall–Kier alpha value is -2.44. The summed E-state index contributed by atoms with van der Waals surface area (Å²) in [6, 6.07) is 1.62. The molecule has 2 aromatic rings. The molecule has 1 fully saturated rings. The predicted molar refractivity (Wildman–Crippen MR) is 85.4 cm³/mol. The molecule has 23 heavy (non-hydrogen) atoms. The van der Waals surface area contributed by atoms with Gasteiger partial charge in [0.15, 0.2) is 0 Å². The Kier molecular flexibility index (Phi) is 4.02. The molecule has 1 aliphatic heterocycles. The van der Waals surface area contributed by atoms with Crippen LogP contribution in [0, 0.1) is 13.8 Å². The van der Waals surface area contributed by atoms with Gasteiger partial charge in [-0.15, -0.1) is 0 Å². The third-order valence-corrected chi connectivity index (χ3v) is 4.20. The highest BCUT2D eigenvalue weighted by Gasteiger charge is 2.28. The Labute approximate surface area is 134 Å². The number of amides is 1. The Morgan fingerprint density at radius 1 is 1.35 bits per heavy atom. The van der Waals surface area contributed by atoms with Crippen LogP contribution in [0.4, 0.5) is 0 Å². The van der Waals surface area contributed by atoms with Crippen molar-refractivity contribution in [3.63, 3.8) is 0 Å². The lowest BCUT2D eigenvalue weighted by molar-refractivity contribution is 0.0697. The van der Waals surface area contributed by atoms with Gasteiger partial charge in [0.2, 0.25) is 0 Å². The summed E-state index contributed by atoms with van der Waals surface area (Å²) >= 11 is 0. The Balaban J connectivity index is 1.82. The van der Waals surface area contributed by atoms with Crippen LogP contribution in [0.15, 0.2) is 17.1 Å². The average Bonchev–Trinajstić information content (AvgIpc) is 2.84. The minimum absolute atomic E-state index is 0.185. The van der Waals surface area contributed by atoms with E-state index in [-0.39, 0.29) is 17.5 Å². The molecule has 0 bridgehead atoms. The summed E-state index contributed by atoms with van der Waals surface area (Å²) in [6.45, 7) is 5.01. The summed E-state index contributed by atoms with van der Waals surface area (Å²) < 4.78 is 2.03. The first-order valence-electron chi connectivity index (χ1n) is 7.81. The van der Waals surface area contributed by atoms with E-state index in [1.807, 2.05) is 24.7 Å². The molecule has 7 heteroatoms. The molecule has 0 aliphatic carbocycles. The molecular formula is C16H21N5O2. The monoisotopic (exact) mass is 315 g/mol. The molecule has 0 aromatic carbocycles. The van der Waals surface area contributed by atoms with E-state index in [0.29, 0.717) is 18.8 Å². The number of aromatic nitrogens is 4. The second-order valence-electron chi connectivity index (χ2n) is 6.20. The predicted octanol–water partition coefficient (Wildman–Crippen LogP) is 1.14. The molecule has 1 N–H and O–H groups in total. The molecule has 7 nitrogen and oxygen atoms in total. The van der Waals surface area contributed by atoms with Gasteiger partial charge in [0, 0.05) is 37.9 Å². The number of hydrogen-bond donors (Lipinski definition) is 1. The van der Waals surface area contributed by atoms with Crippen molar-refractivity contribution in [3.8, 4) is 0 Å². The summed E-state index contributed by atoms with van der Waals surface area (Å²) in [4.78, 5) is 36.9. The molecule has 1 saturated heterocycles. The number of piperidine rings is 1. The molecule has 1 aliphatic rings. The number of imidazole rings is 1. The standard InChI is InChI=1S/C16H21N5O2/c1-10-7-13(19-16(23)18-10)15(22)21-6-4-5-12(9-21)14-17-11(2)8-20(14)3/h7-8,12H,4-6,9H2,1-3H3,(H,18,19,23)/t12-/m0/s1. The number of H-pyrrole nitrogens is 1. The third kappa shape index (κ3) is 3.18. The second kappa shape index (κ2) is 5.98. The molecule has 0 unspecified atom stereocenters. The van der Waals surface area contributed by atoms with Crippen LogP contribution in [-0.4, -0.2) is 43.4 Å². The number of aryl methyl sites for hydroxylation is 3. The lowest BCUT2D eigenvalue weighted by atomic mass is 9.97. The van der Waals surface area contributed by atoms with Crippen LogP contribution < -0.4 is 5.69 Å². The quantitative estimate of drug-likeness (QED) is 0.901. The summed E-state index contributed by atoms with van der Waals surface area (Å²) in [5, 5.41) is 0. The highest BCUT2D eigenvalue weighted by Crippen LogP contribution is 2.26. The normalized spacial score (nSPS) is 18.2. The summed E-state index contributed by atoms with van der Waals surface area (Å²) in [5.74, 6) is 1.04. The number of aromatic amines is 1. The third-order valence-electron chi connectivity index (χ3n) is 4.20. The first-order chi connectivity index (χ1) is 10.9. The van der Waals surface area contributed by atoms with E-state index in [4.69, 9.17) is 0 Å². The van der Waals surface area contributed by atoms with Gasteiger partial charge in [0.25, 0.3) is 5.91 Å². The van der Waals surface area contributed by atoms with Crippen LogP contribution in [0.3, 0.4) is 0 Å². The Morgan fingerprint density at radius 3 is 2.78 bits per heavy atom. The molecule has 122 valence electrons. The molecule has 0 spiro atoms. The van der Waals surface area contributed by atoms with E-state index in [2.05, 4.69) is 15.0 Å². The number of nitrogens with one attached hydrogen (secondary N) is 1. The number of likely N-dealkylation sites (tertiary alicyclic amines) is 1. The Morgan fingerprint density at radius 2 is 2.13 bits per heavy atom. The van der Waals surface area contributed by atoms with Crippen molar-refractivity contribution >= 4 is 5.91 Å². The minimum atomic E-state index is -0.485. The smallest absolute Gasteiger partial charge is 0.337 e. The Bertz CT molecular complexity index is 792. The van der Waals surface area contributed by atoms with Crippen LogP contribution in [0.25, 0.3) is 0 Å². The zero-order chi connectivity index (χ0) is 16.6. The number of rotatable bonds is 2. The van der Waals surface area contributed by atoms with Crippen molar-refractivity contribution in [1.29, 1.82) is 0 Å². The SMILES string of the molecule is Cc1cn(C)c([C@H]2CCCN(C(=O)c3cc(C)[nH]c(=O)n3)C2)n1. The van der Waals surface area contributed by atoms with Gasteiger partial charge in [-0.1, -0.05) is 0 Å². The van der Waals surface area contributed by atoms with Crippen molar-refractivity contribution < 1.29 is 4.79 Å².